The lowest BCUT2D eigenvalue weighted by atomic mass is 9.87. The SMILES string of the molecule is CCC(=O)c1sc(NC2CCC(C)CC2)c(C2CC2)c1N. The molecule has 2 aliphatic carbocycles. The zero-order valence-electron chi connectivity index (χ0n) is 13.1. The van der Waals surface area contributed by atoms with Crippen molar-refractivity contribution in [3.05, 3.63) is 10.4 Å². The molecular formula is C17H26N2OS. The molecule has 3 N–H and O–H groups in total. The Bertz CT molecular complexity index is 525. The van der Waals surface area contributed by atoms with E-state index in [-0.39, 0.29) is 5.78 Å². The fourth-order valence-corrected chi connectivity index (χ4v) is 4.59. The van der Waals surface area contributed by atoms with E-state index in [1.165, 1.54) is 49.1 Å². The molecule has 3 nitrogen and oxygen atoms in total. The molecule has 21 heavy (non-hydrogen) atoms. The van der Waals surface area contributed by atoms with Gasteiger partial charge in [0.15, 0.2) is 5.78 Å². The van der Waals surface area contributed by atoms with Crippen molar-refractivity contribution in [2.24, 2.45) is 5.92 Å². The van der Waals surface area contributed by atoms with Gasteiger partial charge in [-0.25, -0.2) is 0 Å². The van der Waals surface area contributed by atoms with E-state index in [4.69, 9.17) is 5.73 Å². The van der Waals surface area contributed by atoms with Crippen molar-refractivity contribution in [3.8, 4) is 0 Å². The average molecular weight is 306 g/mol. The Morgan fingerprint density at radius 2 is 1.90 bits per heavy atom. The summed E-state index contributed by atoms with van der Waals surface area (Å²) in [5, 5.41) is 4.90. The molecule has 1 heterocycles. The molecule has 0 aromatic carbocycles. The smallest absolute Gasteiger partial charge is 0.174 e. The van der Waals surface area contributed by atoms with E-state index in [1.54, 1.807) is 11.3 Å². The first-order valence-electron chi connectivity index (χ1n) is 8.32. The van der Waals surface area contributed by atoms with Gasteiger partial charge in [-0.15, -0.1) is 11.3 Å². The molecule has 0 aliphatic heterocycles. The van der Waals surface area contributed by atoms with E-state index >= 15 is 0 Å². The molecule has 0 radical (unpaired) electrons. The van der Waals surface area contributed by atoms with Crippen LogP contribution in [0.4, 0.5) is 10.7 Å². The first-order valence-corrected chi connectivity index (χ1v) is 9.13. The van der Waals surface area contributed by atoms with Gasteiger partial charge in [0, 0.05) is 18.0 Å². The molecule has 0 amide bonds. The molecule has 0 atom stereocenters. The van der Waals surface area contributed by atoms with Crippen LogP contribution in [-0.4, -0.2) is 11.8 Å². The van der Waals surface area contributed by atoms with E-state index in [1.807, 2.05) is 6.92 Å². The van der Waals surface area contributed by atoms with Gasteiger partial charge in [-0.2, -0.15) is 0 Å². The third-order valence-corrected chi connectivity index (χ3v) is 6.09. The molecule has 116 valence electrons. The van der Waals surface area contributed by atoms with Crippen LogP contribution in [-0.2, 0) is 0 Å². The number of anilines is 2. The van der Waals surface area contributed by atoms with Crippen LogP contribution in [0.3, 0.4) is 0 Å². The van der Waals surface area contributed by atoms with Gasteiger partial charge in [0.2, 0.25) is 0 Å². The van der Waals surface area contributed by atoms with Crippen LogP contribution in [0, 0.1) is 5.92 Å². The number of nitrogens with one attached hydrogen (secondary N) is 1. The third kappa shape index (κ3) is 3.10. The fraction of sp³-hybridized carbons (Fsp3) is 0.706. The number of rotatable bonds is 5. The molecule has 1 aromatic heterocycles. The van der Waals surface area contributed by atoms with E-state index in [0.29, 0.717) is 18.4 Å². The second-order valence-corrected chi connectivity index (χ2v) is 7.76. The summed E-state index contributed by atoms with van der Waals surface area (Å²) in [7, 11) is 0. The summed E-state index contributed by atoms with van der Waals surface area (Å²) in [6, 6.07) is 0.557. The highest BCUT2D eigenvalue weighted by Crippen LogP contribution is 2.51. The summed E-state index contributed by atoms with van der Waals surface area (Å²) in [5.74, 6) is 1.63. The first-order chi connectivity index (χ1) is 10.1. The quantitative estimate of drug-likeness (QED) is 0.769. The highest BCUT2D eigenvalue weighted by atomic mass is 32.1. The van der Waals surface area contributed by atoms with Crippen molar-refractivity contribution in [1.82, 2.24) is 0 Å². The predicted molar refractivity (Wildman–Crippen MR) is 90.4 cm³/mol. The van der Waals surface area contributed by atoms with Gasteiger partial charge < -0.3 is 11.1 Å². The molecule has 3 rings (SSSR count). The second kappa shape index (κ2) is 5.99. The van der Waals surface area contributed by atoms with Crippen molar-refractivity contribution in [1.29, 1.82) is 0 Å². The largest absolute Gasteiger partial charge is 0.397 e. The van der Waals surface area contributed by atoms with Gasteiger partial charge in [0.25, 0.3) is 0 Å². The zero-order valence-corrected chi connectivity index (χ0v) is 13.9. The molecule has 1 aromatic rings. The van der Waals surface area contributed by atoms with Crippen LogP contribution in [0.15, 0.2) is 0 Å². The highest BCUT2D eigenvalue weighted by Gasteiger charge is 2.33. The van der Waals surface area contributed by atoms with Crippen molar-refractivity contribution in [2.75, 3.05) is 11.1 Å². The van der Waals surface area contributed by atoms with Crippen LogP contribution in [0.2, 0.25) is 0 Å². The Morgan fingerprint density at radius 3 is 2.48 bits per heavy atom. The van der Waals surface area contributed by atoms with Crippen LogP contribution in [0.1, 0.15) is 79.9 Å². The van der Waals surface area contributed by atoms with Crippen LogP contribution >= 0.6 is 11.3 Å². The summed E-state index contributed by atoms with van der Waals surface area (Å²) in [5.41, 5.74) is 8.31. The molecule has 0 saturated heterocycles. The highest BCUT2D eigenvalue weighted by molar-refractivity contribution is 7.18. The van der Waals surface area contributed by atoms with Gasteiger partial charge in [-0.3, -0.25) is 4.79 Å². The average Bonchev–Trinajstić information content (AvgIpc) is 3.26. The van der Waals surface area contributed by atoms with Gasteiger partial charge >= 0.3 is 0 Å². The maximum atomic E-state index is 12.1. The molecule has 2 saturated carbocycles. The minimum atomic E-state index is 0.185. The Kier molecular flexibility index (Phi) is 4.25. The summed E-state index contributed by atoms with van der Waals surface area (Å²) < 4.78 is 0. The van der Waals surface area contributed by atoms with E-state index in [0.717, 1.165) is 16.5 Å². The topological polar surface area (TPSA) is 55.1 Å². The van der Waals surface area contributed by atoms with Gasteiger partial charge in [0.1, 0.15) is 0 Å². The Labute approximate surface area is 131 Å². The minimum absolute atomic E-state index is 0.185. The van der Waals surface area contributed by atoms with E-state index in [9.17, 15) is 4.79 Å². The number of carbonyl (C=O) groups excluding carboxylic acids is 1. The molecular weight excluding hydrogens is 280 g/mol. The lowest BCUT2D eigenvalue weighted by molar-refractivity contribution is 0.0993. The Morgan fingerprint density at radius 1 is 1.24 bits per heavy atom. The zero-order chi connectivity index (χ0) is 15.0. The molecule has 0 unspecified atom stereocenters. The third-order valence-electron chi connectivity index (χ3n) is 4.89. The number of nitrogen functional groups attached to an aromatic ring is 1. The molecule has 0 bridgehead atoms. The van der Waals surface area contributed by atoms with Crippen LogP contribution < -0.4 is 11.1 Å². The summed E-state index contributed by atoms with van der Waals surface area (Å²) in [4.78, 5) is 12.9. The number of thiophene rings is 1. The fourth-order valence-electron chi connectivity index (χ4n) is 3.30. The summed E-state index contributed by atoms with van der Waals surface area (Å²) in [6.45, 7) is 4.25. The maximum Gasteiger partial charge on any atom is 0.174 e. The molecule has 2 aliphatic rings. The van der Waals surface area contributed by atoms with E-state index in [2.05, 4.69) is 12.2 Å². The first kappa shape index (κ1) is 14.9. The number of hydrogen-bond donors (Lipinski definition) is 2. The summed E-state index contributed by atoms with van der Waals surface area (Å²) >= 11 is 1.60. The normalized spacial score (nSPS) is 25.8. The van der Waals surface area contributed by atoms with Gasteiger partial charge in [-0.05, 0) is 50.4 Å². The minimum Gasteiger partial charge on any atom is -0.397 e. The second-order valence-electron chi connectivity index (χ2n) is 6.74. The number of Topliss-reactive ketones (excluding diaryl/α,β-unsaturated/α-hetero) is 1. The lowest BCUT2D eigenvalue weighted by Crippen LogP contribution is -2.25. The van der Waals surface area contributed by atoms with Crippen molar-refractivity contribution in [2.45, 2.75) is 70.8 Å². The Balaban J connectivity index is 1.81. The summed E-state index contributed by atoms with van der Waals surface area (Å²) in [6.07, 6.45) is 8.06. The van der Waals surface area contributed by atoms with Crippen molar-refractivity contribution in [3.63, 3.8) is 0 Å². The number of ketones is 1. The predicted octanol–water partition coefficient (Wildman–Crippen LogP) is 4.79. The Hall–Kier alpha value is -1.03. The monoisotopic (exact) mass is 306 g/mol. The molecule has 4 heteroatoms. The van der Waals surface area contributed by atoms with Gasteiger partial charge in [0.05, 0.1) is 15.6 Å². The van der Waals surface area contributed by atoms with Crippen LogP contribution in [0.5, 0.6) is 0 Å². The van der Waals surface area contributed by atoms with Crippen molar-refractivity contribution >= 4 is 27.8 Å². The lowest BCUT2D eigenvalue weighted by Gasteiger charge is -2.27. The maximum absolute atomic E-state index is 12.1. The number of carbonyl (C=O) groups is 1. The standard InChI is InChI=1S/C17H26N2OS/c1-3-13(20)16-15(18)14(11-6-7-11)17(21-16)19-12-8-4-10(2)5-9-12/h10-12,19H,3-9,18H2,1-2H3. The van der Waals surface area contributed by atoms with Crippen molar-refractivity contribution < 1.29 is 4.79 Å². The van der Waals surface area contributed by atoms with Gasteiger partial charge in [-0.1, -0.05) is 13.8 Å². The molecule has 0 spiro atoms. The molecule has 2 fully saturated rings. The number of hydrogen-bond acceptors (Lipinski definition) is 4. The van der Waals surface area contributed by atoms with Crippen LogP contribution in [0.25, 0.3) is 0 Å². The van der Waals surface area contributed by atoms with E-state index < -0.39 is 0 Å². The number of nitrogens with two attached hydrogens (primary N) is 1.